The lowest BCUT2D eigenvalue weighted by Gasteiger charge is -2.49. The molecule has 24 heteroatoms. The standard InChI is InChI=1S/C30H59NO10Si.C21H40N2O9.C3H6O/c1-9-20-19(33)14-17(3)28(38-20)40-26-16(2)13-18(11-10-12-37-42(7,8)30(4,5)6)27(25(26)36)41-29-24(35)22(31)23(34)21(15-32)39-29;1-4-12-11(25)6-9(3)20(29-12)31-18-8(2)5-10(22)19(17(18)28)32-21-16(27)14(23)15(26)13(7-24)30-21;1-2-3-4/h16-29,32-36H,9-15,31H2,1-8H3;8-21,24-28H,4-7,22-23H2,1-3H3;3H,2H2,1H3/t16-,17+,18+,19-,20+,21+,22-,23+,24+,25-,26?,27-,28+,29+;8-,9+,10+,11-,12+,13+,14-,15+,16+,17-,18?,19-,20+,21+;/m00./s1. The van der Waals surface area contributed by atoms with Crippen LogP contribution >= 0.6 is 0 Å². The molecule has 6 rings (SSSR count). The lowest BCUT2D eigenvalue weighted by Crippen LogP contribution is -2.66. The number of hydrogen-bond acceptors (Lipinski definition) is 23. The largest absolute Gasteiger partial charge is 0.417 e. The topological polar surface area (TPSA) is 380 Å². The van der Waals surface area contributed by atoms with Gasteiger partial charge in [-0.3, -0.25) is 0 Å². The van der Waals surface area contributed by atoms with E-state index in [0.29, 0.717) is 51.6 Å². The van der Waals surface area contributed by atoms with E-state index in [-0.39, 0.29) is 46.8 Å². The fraction of sp³-hybridized carbons (Fsp3) is 0.981. The van der Waals surface area contributed by atoms with Crippen molar-refractivity contribution in [2.24, 2.45) is 46.8 Å². The summed E-state index contributed by atoms with van der Waals surface area (Å²) < 4.78 is 54.5. The predicted octanol–water partition coefficient (Wildman–Crippen LogP) is 0.232. The van der Waals surface area contributed by atoms with Crippen LogP contribution in [0.5, 0.6) is 0 Å². The molecule has 6 fully saturated rings. The van der Waals surface area contributed by atoms with Crippen LogP contribution in [-0.4, -0.2) is 226 Å². The Morgan fingerprint density at radius 1 is 0.538 bits per heavy atom. The minimum absolute atomic E-state index is 0.0275. The molecule has 23 nitrogen and oxygen atoms in total. The Labute approximate surface area is 464 Å². The minimum Gasteiger partial charge on any atom is -0.417 e. The van der Waals surface area contributed by atoms with Gasteiger partial charge in [0, 0.05) is 30.9 Å². The van der Waals surface area contributed by atoms with E-state index in [9.17, 15) is 55.9 Å². The smallest absolute Gasteiger partial charge is 0.191 e. The fourth-order valence-corrected chi connectivity index (χ4v) is 12.3. The van der Waals surface area contributed by atoms with Crippen LogP contribution in [0, 0.1) is 29.6 Å². The molecule has 0 aromatic heterocycles. The van der Waals surface area contributed by atoms with Gasteiger partial charge in [0.05, 0.1) is 68.0 Å². The van der Waals surface area contributed by atoms with Gasteiger partial charge in [0.15, 0.2) is 33.5 Å². The van der Waals surface area contributed by atoms with Crippen molar-refractivity contribution >= 4 is 14.6 Å². The number of carbonyl (C=O) groups is 1. The summed E-state index contributed by atoms with van der Waals surface area (Å²) in [6, 6.07) is -2.75. The molecule has 0 aromatic rings. The van der Waals surface area contributed by atoms with Gasteiger partial charge in [-0.25, -0.2) is 0 Å². The first kappa shape index (κ1) is 69.5. The monoisotopic (exact) mass is 1140 g/mol. The van der Waals surface area contributed by atoms with Gasteiger partial charge in [-0.15, -0.1) is 0 Å². The maximum Gasteiger partial charge on any atom is 0.191 e. The molecule has 16 N–H and O–H groups in total. The van der Waals surface area contributed by atoms with Crippen molar-refractivity contribution in [1.82, 2.24) is 0 Å². The van der Waals surface area contributed by atoms with Gasteiger partial charge in [-0.1, -0.05) is 69.2 Å². The van der Waals surface area contributed by atoms with E-state index < -0.39 is 150 Å². The summed E-state index contributed by atoms with van der Waals surface area (Å²) in [4.78, 5) is 9.17. The van der Waals surface area contributed by atoms with Crippen LogP contribution in [0.4, 0.5) is 0 Å². The van der Waals surface area contributed by atoms with Gasteiger partial charge in [0.2, 0.25) is 0 Å². The Morgan fingerprint density at radius 2 is 0.923 bits per heavy atom. The molecule has 2 unspecified atom stereocenters. The van der Waals surface area contributed by atoms with Gasteiger partial charge in [-0.2, -0.15) is 0 Å². The third kappa shape index (κ3) is 17.5. The lowest BCUT2D eigenvalue weighted by molar-refractivity contribution is -0.326. The molecule has 0 spiro atoms. The number of aliphatic hydroxyl groups excluding tert-OH is 10. The van der Waals surface area contributed by atoms with Gasteiger partial charge in [0.25, 0.3) is 0 Å². The second-order valence-electron chi connectivity index (χ2n) is 24.6. The normalized spacial score (nSPS) is 45.6. The van der Waals surface area contributed by atoms with Crippen molar-refractivity contribution in [3.05, 3.63) is 0 Å². The maximum atomic E-state index is 11.8. The quantitative estimate of drug-likeness (QED) is 0.0496. The Balaban J connectivity index is 0.000000324. The summed E-state index contributed by atoms with van der Waals surface area (Å²) in [5, 5.41) is 104. The molecular weight excluding hydrogens is 1040 g/mol. The zero-order valence-corrected chi connectivity index (χ0v) is 49.5. The first-order valence-corrected chi connectivity index (χ1v) is 31.7. The average molecular weight is 1140 g/mol. The molecule has 4 saturated heterocycles. The molecule has 0 amide bonds. The summed E-state index contributed by atoms with van der Waals surface area (Å²) in [5.41, 5.74) is 18.2. The van der Waals surface area contributed by atoms with Crippen LogP contribution in [0.1, 0.15) is 127 Å². The molecule has 0 radical (unpaired) electrons. The average Bonchev–Trinajstić information content (AvgIpc) is 3.39. The molecule has 4 heterocycles. The second kappa shape index (κ2) is 31.2. The molecule has 6 aliphatic rings. The van der Waals surface area contributed by atoms with E-state index in [1.165, 1.54) is 0 Å². The molecular formula is C54H105N3O20Si. The Bertz CT molecular complexity index is 1730. The molecule has 4 aliphatic heterocycles. The number of hydrogen-bond donors (Lipinski definition) is 13. The van der Waals surface area contributed by atoms with Crippen molar-refractivity contribution < 1.29 is 98.2 Å². The zero-order chi connectivity index (χ0) is 58.7. The number of rotatable bonds is 18. The Hall–Kier alpha value is -0.993. The van der Waals surface area contributed by atoms with Crippen LogP contribution < -0.4 is 17.2 Å². The van der Waals surface area contributed by atoms with Crippen LogP contribution in [-0.2, 0) is 47.1 Å². The summed E-state index contributed by atoms with van der Waals surface area (Å²) in [5.74, 6) is -0.371. The fourth-order valence-electron chi connectivity index (χ4n) is 11.2. The number of carbonyl (C=O) groups excluding carboxylic acids is 1. The van der Waals surface area contributed by atoms with E-state index in [1.807, 2.05) is 48.5 Å². The van der Waals surface area contributed by atoms with Gasteiger partial charge >= 0.3 is 0 Å². The van der Waals surface area contributed by atoms with Crippen molar-refractivity contribution in [3.8, 4) is 0 Å². The summed E-state index contributed by atoms with van der Waals surface area (Å²) in [6.07, 6.45) is -11.5. The van der Waals surface area contributed by atoms with E-state index in [1.54, 1.807) is 0 Å². The molecule has 0 aromatic carbocycles. The van der Waals surface area contributed by atoms with Gasteiger partial charge in [0.1, 0.15) is 61.2 Å². The molecule has 2 saturated carbocycles. The number of aldehydes is 1. The first-order chi connectivity index (χ1) is 36.5. The molecule has 2 aliphatic carbocycles. The highest BCUT2D eigenvalue weighted by atomic mass is 28.4. The van der Waals surface area contributed by atoms with Crippen LogP contribution in [0.3, 0.4) is 0 Å². The van der Waals surface area contributed by atoms with E-state index in [4.69, 9.17) is 59.5 Å². The van der Waals surface area contributed by atoms with Crippen LogP contribution in [0.25, 0.3) is 0 Å². The van der Waals surface area contributed by atoms with Crippen molar-refractivity contribution in [2.45, 2.75) is 286 Å². The summed E-state index contributed by atoms with van der Waals surface area (Å²) in [6.45, 7) is 24.2. The molecule has 460 valence electrons. The van der Waals surface area contributed by atoms with E-state index >= 15 is 0 Å². The van der Waals surface area contributed by atoms with Crippen molar-refractivity contribution in [1.29, 1.82) is 0 Å². The van der Waals surface area contributed by atoms with Gasteiger partial charge < -0.3 is 115 Å². The minimum atomic E-state index is -1.91. The van der Waals surface area contributed by atoms with Crippen LogP contribution in [0.2, 0.25) is 18.1 Å². The third-order valence-corrected chi connectivity index (χ3v) is 21.8. The molecule has 78 heavy (non-hydrogen) atoms. The van der Waals surface area contributed by atoms with Gasteiger partial charge in [-0.05, 0) is 87.3 Å². The van der Waals surface area contributed by atoms with E-state index in [0.717, 1.165) is 19.1 Å². The number of ether oxygens (including phenoxy) is 8. The number of aliphatic hydroxyl groups is 10. The molecule has 0 bridgehead atoms. The van der Waals surface area contributed by atoms with E-state index in [2.05, 4.69) is 33.9 Å². The SMILES string of the molecule is CCC=O.CC[C@H]1O[C@H](OC2[C@@H](C)C[C@@H](CCCO[Si](C)(C)C(C)(C)C)[C@H](O[C@H]3O[C@H](CO)[C@@H](O)[C@H](N)[C@H]3O)[C@H]2O)[C@H](C)C[C@@H]1O.CC[C@H]1O[C@H](OC2[C@@H](C)C[C@@H](N)[C@H](O[C@H]3O[C@H](CO)[C@@H](O)[C@H](N)[C@H]3O)[C@H]2O)[C@H](C)C[C@@H]1O. The second-order valence-corrected chi connectivity index (χ2v) is 29.4. The number of nitrogens with two attached hydrogens (primary N) is 3. The predicted molar refractivity (Wildman–Crippen MR) is 288 cm³/mol. The summed E-state index contributed by atoms with van der Waals surface area (Å²) in [7, 11) is -1.91. The zero-order valence-electron chi connectivity index (χ0n) is 48.5. The highest BCUT2D eigenvalue weighted by molar-refractivity contribution is 6.74. The highest BCUT2D eigenvalue weighted by Crippen LogP contribution is 2.42. The highest BCUT2D eigenvalue weighted by Gasteiger charge is 2.53. The Kier molecular flexibility index (Phi) is 27.8. The lowest BCUT2D eigenvalue weighted by atomic mass is 9.74. The molecule has 28 atom stereocenters. The first-order valence-electron chi connectivity index (χ1n) is 28.8. The van der Waals surface area contributed by atoms with Crippen LogP contribution in [0.15, 0.2) is 0 Å². The summed E-state index contributed by atoms with van der Waals surface area (Å²) >= 11 is 0. The maximum absolute atomic E-state index is 11.8. The third-order valence-electron chi connectivity index (χ3n) is 17.3. The van der Waals surface area contributed by atoms with Crippen molar-refractivity contribution in [3.63, 3.8) is 0 Å². The Morgan fingerprint density at radius 3 is 1.32 bits per heavy atom. The van der Waals surface area contributed by atoms with Crippen molar-refractivity contribution in [2.75, 3.05) is 19.8 Å².